The van der Waals surface area contributed by atoms with Crippen molar-refractivity contribution in [3.05, 3.63) is 35.9 Å². The first-order valence-corrected chi connectivity index (χ1v) is 9.03. The fourth-order valence-corrected chi connectivity index (χ4v) is 3.23. The molecule has 0 spiro atoms. The molecule has 1 saturated heterocycles. The van der Waals surface area contributed by atoms with Crippen molar-refractivity contribution in [1.82, 2.24) is 9.80 Å². The topological polar surface area (TPSA) is 58.8 Å². The van der Waals surface area contributed by atoms with E-state index in [0.29, 0.717) is 19.2 Å². The maximum absolute atomic E-state index is 12.6. The smallest absolute Gasteiger partial charge is 0.410 e. The summed E-state index contributed by atoms with van der Waals surface area (Å²) in [6, 6.07) is 10.5. The Kier molecular flexibility index (Phi) is 7.53. The van der Waals surface area contributed by atoms with Gasteiger partial charge < -0.3 is 15.4 Å². The maximum atomic E-state index is 12.6. The van der Waals surface area contributed by atoms with Crippen LogP contribution in [0, 0.1) is 0 Å². The third-order valence-electron chi connectivity index (χ3n) is 4.66. The van der Waals surface area contributed by atoms with Gasteiger partial charge in [0.05, 0.1) is 0 Å². The van der Waals surface area contributed by atoms with Crippen molar-refractivity contribution >= 4 is 6.09 Å². The van der Waals surface area contributed by atoms with Gasteiger partial charge in [-0.15, -0.1) is 0 Å². The van der Waals surface area contributed by atoms with E-state index in [9.17, 15) is 4.79 Å². The van der Waals surface area contributed by atoms with Crippen LogP contribution in [-0.2, 0) is 11.3 Å². The summed E-state index contributed by atoms with van der Waals surface area (Å²) in [4.78, 5) is 16.8. The van der Waals surface area contributed by atoms with E-state index in [2.05, 4.69) is 18.7 Å². The SMILES string of the molecule is CC(C)N(CCN)C[C@H]1CCCCN1C(=O)OCc1ccccc1. The molecule has 1 aliphatic rings. The van der Waals surface area contributed by atoms with Gasteiger partial charge in [-0.25, -0.2) is 4.79 Å². The van der Waals surface area contributed by atoms with Gasteiger partial charge in [0.25, 0.3) is 0 Å². The Labute approximate surface area is 145 Å². The molecule has 1 heterocycles. The molecule has 1 fully saturated rings. The Bertz CT molecular complexity index is 493. The molecule has 1 aliphatic heterocycles. The number of nitrogens with zero attached hydrogens (tertiary/aromatic N) is 2. The van der Waals surface area contributed by atoms with E-state index in [1.54, 1.807) is 0 Å². The van der Waals surface area contributed by atoms with Gasteiger partial charge in [-0.2, -0.15) is 0 Å². The summed E-state index contributed by atoms with van der Waals surface area (Å²) in [7, 11) is 0. The number of likely N-dealkylation sites (tertiary alicyclic amines) is 1. The average molecular weight is 333 g/mol. The highest BCUT2D eigenvalue weighted by Gasteiger charge is 2.29. The summed E-state index contributed by atoms with van der Waals surface area (Å²) in [5, 5.41) is 0. The first-order chi connectivity index (χ1) is 11.6. The summed E-state index contributed by atoms with van der Waals surface area (Å²) >= 11 is 0. The third kappa shape index (κ3) is 5.49. The maximum Gasteiger partial charge on any atom is 0.410 e. The molecular formula is C19H31N3O2. The van der Waals surface area contributed by atoms with Crippen molar-refractivity contribution in [2.45, 2.75) is 51.8 Å². The molecular weight excluding hydrogens is 302 g/mol. The van der Waals surface area contributed by atoms with Crippen LogP contribution in [0.25, 0.3) is 0 Å². The largest absolute Gasteiger partial charge is 0.445 e. The standard InChI is InChI=1S/C19H31N3O2/c1-16(2)21(13-11-20)14-18-10-6-7-12-22(18)19(23)24-15-17-8-4-3-5-9-17/h3-5,8-9,16,18H,6-7,10-15,20H2,1-2H3/t18-/m1/s1. The Balaban J connectivity index is 1.93. The van der Waals surface area contributed by atoms with Crippen molar-refractivity contribution in [2.75, 3.05) is 26.2 Å². The average Bonchev–Trinajstić information content (AvgIpc) is 2.60. The molecule has 1 aromatic rings. The fraction of sp³-hybridized carbons (Fsp3) is 0.632. The second kappa shape index (κ2) is 9.64. The lowest BCUT2D eigenvalue weighted by molar-refractivity contribution is 0.0525. The van der Waals surface area contributed by atoms with E-state index in [-0.39, 0.29) is 12.1 Å². The van der Waals surface area contributed by atoms with Crippen LogP contribution in [0.4, 0.5) is 4.79 Å². The van der Waals surface area contributed by atoms with Crippen LogP contribution in [0.2, 0.25) is 0 Å². The van der Waals surface area contributed by atoms with Gasteiger partial charge in [-0.1, -0.05) is 30.3 Å². The Hall–Kier alpha value is -1.59. The second-order valence-electron chi connectivity index (χ2n) is 6.76. The van der Waals surface area contributed by atoms with Crippen molar-refractivity contribution in [2.24, 2.45) is 5.73 Å². The van der Waals surface area contributed by atoms with E-state index in [4.69, 9.17) is 10.5 Å². The van der Waals surface area contributed by atoms with Crippen LogP contribution in [-0.4, -0.2) is 54.2 Å². The zero-order valence-electron chi connectivity index (χ0n) is 15.0. The van der Waals surface area contributed by atoms with Crippen LogP contribution in [0.15, 0.2) is 30.3 Å². The van der Waals surface area contributed by atoms with Crippen molar-refractivity contribution in [3.63, 3.8) is 0 Å². The molecule has 1 atom stereocenters. The molecule has 134 valence electrons. The number of rotatable bonds is 7. The lowest BCUT2D eigenvalue weighted by Gasteiger charge is -2.39. The summed E-state index contributed by atoms with van der Waals surface area (Å²) in [6.45, 7) is 7.85. The van der Waals surface area contributed by atoms with Crippen LogP contribution < -0.4 is 5.73 Å². The summed E-state index contributed by atoms with van der Waals surface area (Å²) in [5.41, 5.74) is 6.75. The number of ether oxygens (including phenoxy) is 1. The normalized spacial score (nSPS) is 18.2. The molecule has 0 bridgehead atoms. The zero-order chi connectivity index (χ0) is 17.4. The first-order valence-electron chi connectivity index (χ1n) is 9.03. The minimum Gasteiger partial charge on any atom is -0.445 e. The van der Waals surface area contributed by atoms with E-state index >= 15 is 0 Å². The van der Waals surface area contributed by atoms with Crippen molar-refractivity contribution < 1.29 is 9.53 Å². The lowest BCUT2D eigenvalue weighted by atomic mass is 10.0. The van der Waals surface area contributed by atoms with Crippen LogP contribution in [0.1, 0.15) is 38.7 Å². The van der Waals surface area contributed by atoms with Crippen LogP contribution >= 0.6 is 0 Å². The molecule has 5 heteroatoms. The number of carbonyl (C=O) groups excluding carboxylic acids is 1. The van der Waals surface area contributed by atoms with Gasteiger partial charge in [0, 0.05) is 38.3 Å². The van der Waals surface area contributed by atoms with E-state index in [1.165, 1.54) is 6.42 Å². The van der Waals surface area contributed by atoms with E-state index < -0.39 is 0 Å². The van der Waals surface area contributed by atoms with Gasteiger partial charge in [-0.05, 0) is 38.7 Å². The molecule has 2 rings (SSSR count). The molecule has 2 N–H and O–H groups in total. The number of amides is 1. The Morgan fingerprint density at radius 2 is 2.08 bits per heavy atom. The summed E-state index contributed by atoms with van der Waals surface area (Å²) < 4.78 is 5.54. The first kappa shape index (κ1) is 18.7. The van der Waals surface area contributed by atoms with E-state index in [1.807, 2.05) is 35.2 Å². The molecule has 24 heavy (non-hydrogen) atoms. The molecule has 0 aromatic heterocycles. The third-order valence-corrected chi connectivity index (χ3v) is 4.66. The highest BCUT2D eigenvalue weighted by Crippen LogP contribution is 2.20. The number of carbonyl (C=O) groups is 1. The fourth-order valence-electron chi connectivity index (χ4n) is 3.23. The summed E-state index contributed by atoms with van der Waals surface area (Å²) in [5.74, 6) is 0. The van der Waals surface area contributed by atoms with Crippen molar-refractivity contribution in [1.29, 1.82) is 0 Å². The molecule has 5 nitrogen and oxygen atoms in total. The molecule has 0 saturated carbocycles. The number of nitrogens with two attached hydrogens (primary N) is 1. The molecule has 1 aromatic carbocycles. The molecule has 0 radical (unpaired) electrons. The van der Waals surface area contributed by atoms with Gasteiger partial charge in [0.1, 0.15) is 6.61 Å². The monoisotopic (exact) mass is 333 g/mol. The minimum absolute atomic E-state index is 0.194. The predicted molar refractivity (Wildman–Crippen MR) is 96.7 cm³/mol. The van der Waals surface area contributed by atoms with Crippen LogP contribution in [0.5, 0.6) is 0 Å². The zero-order valence-corrected chi connectivity index (χ0v) is 15.0. The van der Waals surface area contributed by atoms with Crippen LogP contribution in [0.3, 0.4) is 0 Å². The summed E-state index contributed by atoms with van der Waals surface area (Å²) in [6.07, 6.45) is 3.06. The number of hydrogen-bond donors (Lipinski definition) is 1. The van der Waals surface area contributed by atoms with Gasteiger partial charge in [0.2, 0.25) is 0 Å². The van der Waals surface area contributed by atoms with Gasteiger partial charge >= 0.3 is 6.09 Å². The Morgan fingerprint density at radius 1 is 1.33 bits per heavy atom. The lowest BCUT2D eigenvalue weighted by Crippen LogP contribution is -2.51. The highest BCUT2D eigenvalue weighted by molar-refractivity contribution is 5.68. The van der Waals surface area contributed by atoms with E-state index in [0.717, 1.165) is 38.0 Å². The Morgan fingerprint density at radius 3 is 2.75 bits per heavy atom. The second-order valence-corrected chi connectivity index (χ2v) is 6.76. The van der Waals surface area contributed by atoms with Crippen molar-refractivity contribution in [3.8, 4) is 0 Å². The van der Waals surface area contributed by atoms with Gasteiger partial charge in [0.15, 0.2) is 0 Å². The predicted octanol–water partition coefficient (Wildman–Crippen LogP) is 2.85. The molecule has 0 aliphatic carbocycles. The minimum atomic E-state index is -0.194. The highest BCUT2D eigenvalue weighted by atomic mass is 16.6. The number of benzene rings is 1. The number of piperidine rings is 1. The number of hydrogen-bond acceptors (Lipinski definition) is 4. The van der Waals surface area contributed by atoms with Gasteiger partial charge in [-0.3, -0.25) is 4.90 Å². The molecule has 0 unspecified atom stereocenters. The quantitative estimate of drug-likeness (QED) is 0.833. The molecule has 1 amide bonds.